The van der Waals surface area contributed by atoms with Gasteiger partial charge < -0.3 is 47.7 Å². The molecule has 0 aromatic heterocycles. The lowest BCUT2D eigenvalue weighted by atomic mass is 9.43. The molecule has 0 unspecified atom stereocenters. The van der Waals surface area contributed by atoms with Gasteiger partial charge in [-0.1, -0.05) is 18.6 Å². The maximum atomic E-state index is 13.2. The van der Waals surface area contributed by atoms with Crippen LogP contribution in [0.4, 0.5) is 0 Å². The first-order valence-corrected chi connectivity index (χ1v) is 21.2. The molecular weight excluding hydrogens is 780 g/mol. The third-order valence-corrected chi connectivity index (χ3v) is 15.0. The van der Waals surface area contributed by atoms with Crippen LogP contribution in [0.2, 0.25) is 0 Å². The van der Waals surface area contributed by atoms with Crippen LogP contribution in [-0.2, 0) is 66.6 Å². The van der Waals surface area contributed by atoms with Crippen LogP contribution in [0.3, 0.4) is 0 Å². The third kappa shape index (κ3) is 6.89. The Hall–Kier alpha value is -3.08. The van der Waals surface area contributed by atoms with Gasteiger partial charge in [0.05, 0.1) is 30.5 Å². The molecule has 0 aromatic carbocycles. The Bertz CT molecular complexity index is 1760. The summed E-state index contributed by atoms with van der Waals surface area (Å²) in [5.41, 5.74) is -0.945. The number of aliphatic hydroxyl groups is 1. The highest BCUT2D eigenvalue weighted by Crippen LogP contribution is 2.71. The summed E-state index contributed by atoms with van der Waals surface area (Å²) >= 11 is 6.10. The monoisotopic (exact) mass is 834 g/mol. The van der Waals surface area contributed by atoms with Crippen LogP contribution >= 0.6 is 11.6 Å². The number of rotatable bonds is 8. The van der Waals surface area contributed by atoms with Gasteiger partial charge in [-0.3, -0.25) is 19.2 Å². The smallest absolute Gasteiger partial charge is 0.331 e. The molecule has 3 heterocycles. The fourth-order valence-corrected chi connectivity index (χ4v) is 12.6. The van der Waals surface area contributed by atoms with Crippen molar-refractivity contribution in [2.24, 2.45) is 28.6 Å². The standard InChI is InChI=1S/C42H55ClO15/c1-21-35(53-22(2)44)36(54-23(3)45)37(55-24(4)46)38(52-21)56-27-15-26-8-9-29-34(41(26)20-51-40(11-6-7-12-40)58-31(41)16-27)30(57-33(48)18-43)17-39(5)28(10-13-42(29,39)49)25-14-32(47)50-19-25/h8,14,21,27-31,34-38,49H,6-7,9-13,15-20H2,1-5H3/t21-,27+,28+,29+,30+,31+,34+,35-,36+,37+,38-,39+,41+,42-/m0/s1. The summed E-state index contributed by atoms with van der Waals surface area (Å²) in [5, 5.41) is 13.1. The van der Waals surface area contributed by atoms with Crippen LogP contribution in [0.1, 0.15) is 98.8 Å². The number of alkyl halides is 1. The molecule has 5 aliphatic carbocycles. The predicted octanol–water partition coefficient (Wildman–Crippen LogP) is 4.12. The van der Waals surface area contributed by atoms with Crippen molar-refractivity contribution in [2.75, 3.05) is 19.1 Å². The van der Waals surface area contributed by atoms with Gasteiger partial charge in [0.15, 0.2) is 30.4 Å². The average molecular weight is 835 g/mol. The zero-order valence-electron chi connectivity index (χ0n) is 33.7. The van der Waals surface area contributed by atoms with E-state index in [0.29, 0.717) is 51.4 Å². The van der Waals surface area contributed by atoms with E-state index >= 15 is 0 Å². The molecule has 2 spiro atoms. The Balaban J connectivity index is 1.16. The molecule has 0 radical (unpaired) electrons. The molecule has 2 saturated heterocycles. The molecular formula is C42H55ClO15. The normalized spacial score (nSPS) is 43.7. The van der Waals surface area contributed by atoms with Gasteiger partial charge in [0.2, 0.25) is 0 Å². The third-order valence-electron chi connectivity index (χ3n) is 14.7. The first kappa shape index (κ1) is 41.6. The molecule has 4 saturated carbocycles. The Kier molecular flexibility index (Phi) is 11.1. The molecule has 0 aromatic rings. The van der Waals surface area contributed by atoms with E-state index in [1.165, 1.54) is 20.8 Å². The van der Waals surface area contributed by atoms with E-state index in [0.717, 1.165) is 24.0 Å². The number of carbonyl (C=O) groups excluding carboxylic acids is 5. The van der Waals surface area contributed by atoms with Gasteiger partial charge >= 0.3 is 29.8 Å². The van der Waals surface area contributed by atoms with E-state index in [4.69, 9.17) is 54.2 Å². The van der Waals surface area contributed by atoms with Crippen molar-refractivity contribution in [3.05, 3.63) is 23.3 Å². The Morgan fingerprint density at radius 3 is 2.31 bits per heavy atom. The number of esters is 5. The molecule has 8 rings (SSSR count). The molecule has 58 heavy (non-hydrogen) atoms. The summed E-state index contributed by atoms with van der Waals surface area (Å²) in [4.78, 5) is 62.4. The number of cyclic esters (lactones) is 1. The summed E-state index contributed by atoms with van der Waals surface area (Å²) < 4.78 is 55.6. The van der Waals surface area contributed by atoms with Gasteiger partial charge in [-0.15, -0.1) is 11.6 Å². The van der Waals surface area contributed by atoms with Gasteiger partial charge in [-0.05, 0) is 69.3 Å². The summed E-state index contributed by atoms with van der Waals surface area (Å²) in [7, 11) is 0. The van der Waals surface area contributed by atoms with Crippen molar-refractivity contribution in [1.82, 2.24) is 0 Å². The molecule has 3 aliphatic heterocycles. The van der Waals surface area contributed by atoms with Crippen LogP contribution in [0.25, 0.3) is 0 Å². The first-order chi connectivity index (χ1) is 27.5. The van der Waals surface area contributed by atoms with E-state index in [-0.39, 0.29) is 30.9 Å². The van der Waals surface area contributed by atoms with Crippen molar-refractivity contribution in [2.45, 2.75) is 159 Å². The number of allylic oxidation sites excluding steroid dienone is 1. The van der Waals surface area contributed by atoms with Crippen LogP contribution in [-0.4, -0.2) is 114 Å². The van der Waals surface area contributed by atoms with Crippen molar-refractivity contribution >= 4 is 41.4 Å². The molecule has 0 bridgehead atoms. The molecule has 16 heteroatoms. The fraction of sp³-hybridized carbons (Fsp3) is 0.786. The molecule has 6 fully saturated rings. The summed E-state index contributed by atoms with van der Waals surface area (Å²) in [5.74, 6) is -5.03. The highest BCUT2D eigenvalue weighted by atomic mass is 35.5. The molecule has 0 amide bonds. The highest BCUT2D eigenvalue weighted by molar-refractivity contribution is 6.26. The quantitative estimate of drug-likeness (QED) is 0.159. The van der Waals surface area contributed by atoms with E-state index in [1.54, 1.807) is 13.0 Å². The number of halogens is 1. The Morgan fingerprint density at radius 2 is 1.66 bits per heavy atom. The minimum atomic E-state index is -1.27. The van der Waals surface area contributed by atoms with Gasteiger partial charge in [0.25, 0.3) is 0 Å². The minimum absolute atomic E-state index is 0.162. The van der Waals surface area contributed by atoms with E-state index in [2.05, 4.69) is 6.08 Å². The molecule has 8 aliphatic rings. The lowest BCUT2D eigenvalue weighted by Gasteiger charge is -2.67. The maximum absolute atomic E-state index is 13.2. The SMILES string of the molecule is CC(=O)O[C@@H]1[C@@H](OC(C)=O)[C@H](C)O[C@@H](O[C@@H]2CC3=CC[C@@H]4[C@H]([C@H](OC(=O)CCl)C[C@]5(C)[C@@H](C6=CC(=O)OC6)CC[C@]45O)[C@]34COC3(CCCC3)O[C@@H]4C2)[C@@H]1OC(C)=O. The van der Waals surface area contributed by atoms with Crippen molar-refractivity contribution in [1.29, 1.82) is 0 Å². The Labute approximate surface area is 342 Å². The zero-order valence-corrected chi connectivity index (χ0v) is 34.5. The summed E-state index contributed by atoms with van der Waals surface area (Å²) in [6.07, 6.45) is 2.32. The number of ether oxygens (including phenoxy) is 9. The predicted molar refractivity (Wildman–Crippen MR) is 199 cm³/mol. The molecule has 1 N–H and O–H groups in total. The number of fused-ring (bicyclic) bond motifs is 3. The number of carbonyl (C=O) groups is 5. The van der Waals surface area contributed by atoms with Crippen LogP contribution in [0.5, 0.6) is 0 Å². The van der Waals surface area contributed by atoms with Crippen molar-refractivity contribution < 1.29 is 71.7 Å². The van der Waals surface area contributed by atoms with E-state index in [1.807, 2.05) is 6.92 Å². The number of hydrogen-bond acceptors (Lipinski definition) is 15. The summed E-state index contributed by atoms with van der Waals surface area (Å²) in [6.45, 7) is 7.82. The largest absolute Gasteiger partial charge is 0.461 e. The maximum Gasteiger partial charge on any atom is 0.331 e. The van der Waals surface area contributed by atoms with Crippen molar-refractivity contribution in [3.63, 3.8) is 0 Å². The second kappa shape index (κ2) is 15.4. The molecule has 15 nitrogen and oxygen atoms in total. The minimum Gasteiger partial charge on any atom is -0.461 e. The zero-order chi connectivity index (χ0) is 41.4. The average Bonchev–Trinajstić information content (AvgIpc) is 3.87. The Morgan fingerprint density at radius 1 is 0.966 bits per heavy atom. The molecule has 14 atom stereocenters. The van der Waals surface area contributed by atoms with Gasteiger partial charge in [0.1, 0.15) is 18.6 Å². The van der Waals surface area contributed by atoms with Crippen LogP contribution in [0.15, 0.2) is 23.3 Å². The van der Waals surface area contributed by atoms with E-state index < -0.39 is 107 Å². The molecule has 320 valence electrons. The highest BCUT2D eigenvalue weighted by Gasteiger charge is 2.73. The lowest BCUT2D eigenvalue weighted by molar-refractivity contribution is -0.364. The number of hydrogen-bond donors (Lipinski definition) is 1. The second-order valence-corrected chi connectivity index (χ2v) is 18.2. The van der Waals surface area contributed by atoms with Gasteiger partial charge in [-0.25, -0.2) is 4.79 Å². The summed E-state index contributed by atoms with van der Waals surface area (Å²) in [6, 6.07) is 0. The topological polar surface area (TPSA) is 189 Å². The van der Waals surface area contributed by atoms with Crippen LogP contribution < -0.4 is 0 Å². The van der Waals surface area contributed by atoms with Crippen LogP contribution in [0, 0.1) is 28.6 Å². The van der Waals surface area contributed by atoms with Gasteiger partial charge in [0, 0.05) is 62.9 Å². The van der Waals surface area contributed by atoms with E-state index in [9.17, 15) is 29.1 Å². The second-order valence-electron chi connectivity index (χ2n) is 17.9. The first-order valence-electron chi connectivity index (χ1n) is 20.7. The van der Waals surface area contributed by atoms with Crippen molar-refractivity contribution in [3.8, 4) is 0 Å². The van der Waals surface area contributed by atoms with Gasteiger partial charge in [-0.2, -0.15) is 0 Å². The lowest BCUT2D eigenvalue weighted by Crippen LogP contribution is -2.71. The fourth-order valence-electron chi connectivity index (χ4n) is 12.5.